The number of non-ortho nitro benzene ring substituents is 1. The van der Waals surface area contributed by atoms with Gasteiger partial charge < -0.3 is 9.31 Å². The van der Waals surface area contributed by atoms with Crippen molar-refractivity contribution in [1.82, 2.24) is 4.90 Å². The lowest BCUT2D eigenvalue weighted by Crippen LogP contribution is -2.44. The van der Waals surface area contributed by atoms with Crippen LogP contribution >= 0.6 is 0 Å². The predicted molar refractivity (Wildman–Crippen MR) is 102 cm³/mol. The van der Waals surface area contributed by atoms with E-state index in [4.69, 9.17) is 9.31 Å². The summed E-state index contributed by atoms with van der Waals surface area (Å²) in [4.78, 5) is 12.9. The van der Waals surface area contributed by atoms with E-state index in [2.05, 4.69) is 38.7 Å². The molecule has 0 N–H and O–H groups in total. The van der Waals surface area contributed by atoms with Gasteiger partial charge in [0.25, 0.3) is 5.69 Å². The van der Waals surface area contributed by atoms with Crippen molar-refractivity contribution in [3.8, 4) is 11.5 Å². The molecule has 1 aliphatic rings. The van der Waals surface area contributed by atoms with Gasteiger partial charge in [0.1, 0.15) is 11.5 Å². The molecule has 26 heavy (non-hydrogen) atoms. The van der Waals surface area contributed by atoms with E-state index in [1.54, 1.807) is 6.07 Å². The zero-order chi connectivity index (χ0) is 18.8. The molecule has 2 aromatic carbocycles. The maximum absolute atomic E-state index is 11.0. The van der Waals surface area contributed by atoms with Crippen molar-refractivity contribution in [2.75, 3.05) is 0 Å². The largest absolute Gasteiger partial charge is 0.633 e. The molecule has 0 bridgehead atoms. The molecule has 1 aliphatic heterocycles. The van der Waals surface area contributed by atoms with Gasteiger partial charge in [-0.15, -0.1) is 0 Å². The molecule has 1 heterocycles. The van der Waals surface area contributed by atoms with Gasteiger partial charge in [0.15, 0.2) is 0 Å². The summed E-state index contributed by atoms with van der Waals surface area (Å²) in [6.45, 7) is 9.51. The minimum atomic E-state index is -0.593. The van der Waals surface area contributed by atoms with Gasteiger partial charge in [-0.05, 0) is 39.3 Å². The SMILES string of the molecule is CC(C)N(Cc1ccccc1B1Oc2ccc([N+](=O)[O-])cc2O1)C(C)C. The Morgan fingerprint density at radius 1 is 1.04 bits per heavy atom. The Morgan fingerprint density at radius 2 is 1.69 bits per heavy atom. The van der Waals surface area contributed by atoms with E-state index < -0.39 is 12.0 Å². The lowest BCUT2D eigenvalue weighted by molar-refractivity contribution is -0.384. The first-order valence-electron chi connectivity index (χ1n) is 8.82. The van der Waals surface area contributed by atoms with Crippen molar-refractivity contribution in [3.05, 3.63) is 58.1 Å². The Bertz CT molecular complexity index is 802. The van der Waals surface area contributed by atoms with Gasteiger partial charge in [0.2, 0.25) is 0 Å². The van der Waals surface area contributed by atoms with Crippen LogP contribution in [0.15, 0.2) is 42.5 Å². The maximum Gasteiger partial charge on any atom is 0.633 e. The van der Waals surface area contributed by atoms with Crippen molar-refractivity contribution in [2.45, 2.75) is 46.3 Å². The van der Waals surface area contributed by atoms with Crippen LogP contribution in [-0.2, 0) is 6.54 Å². The standard InChI is InChI=1S/C19H23BN2O4/c1-13(2)21(14(3)4)12-15-7-5-6-8-17(15)20-25-18-10-9-16(22(23)24)11-19(18)26-20/h5-11,13-14H,12H2,1-4H3. The van der Waals surface area contributed by atoms with Crippen molar-refractivity contribution in [2.24, 2.45) is 0 Å². The second-order valence-electron chi connectivity index (χ2n) is 7.01. The van der Waals surface area contributed by atoms with E-state index in [0.717, 1.165) is 17.6 Å². The van der Waals surface area contributed by atoms with Crippen molar-refractivity contribution < 1.29 is 14.2 Å². The van der Waals surface area contributed by atoms with Crippen LogP contribution in [-0.4, -0.2) is 29.0 Å². The quantitative estimate of drug-likeness (QED) is 0.452. The molecule has 0 fully saturated rings. The fourth-order valence-electron chi connectivity index (χ4n) is 3.25. The topological polar surface area (TPSA) is 64.8 Å². The van der Waals surface area contributed by atoms with Gasteiger partial charge in [-0.2, -0.15) is 0 Å². The molecule has 0 atom stereocenters. The second kappa shape index (κ2) is 7.37. The number of nitrogens with zero attached hydrogens (tertiary/aromatic N) is 2. The van der Waals surface area contributed by atoms with Crippen molar-refractivity contribution in [3.63, 3.8) is 0 Å². The van der Waals surface area contributed by atoms with Gasteiger partial charge in [0, 0.05) is 30.2 Å². The Labute approximate surface area is 154 Å². The highest BCUT2D eigenvalue weighted by Crippen LogP contribution is 2.36. The molecule has 0 unspecified atom stereocenters. The van der Waals surface area contributed by atoms with Gasteiger partial charge in [-0.3, -0.25) is 15.0 Å². The average molecular weight is 354 g/mol. The summed E-state index contributed by atoms with van der Waals surface area (Å²) in [6.07, 6.45) is 0. The Morgan fingerprint density at radius 3 is 2.35 bits per heavy atom. The molecule has 136 valence electrons. The van der Waals surface area contributed by atoms with E-state index >= 15 is 0 Å². The Hall–Kier alpha value is -2.54. The highest BCUT2D eigenvalue weighted by molar-refractivity contribution is 6.64. The molecule has 3 rings (SSSR count). The predicted octanol–water partition coefficient (Wildman–Crippen LogP) is 3.38. The number of rotatable bonds is 6. The van der Waals surface area contributed by atoms with Crippen LogP contribution in [0.1, 0.15) is 33.3 Å². The van der Waals surface area contributed by atoms with Crippen molar-refractivity contribution >= 4 is 18.3 Å². The second-order valence-corrected chi connectivity index (χ2v) is 7.01. The third-order valence-corrected chi connectivity index (χ3v) is 4.59. The minimum Gasteiger partial charge on any atom is -0.519 e. The van der Waals surface area contributed by atoms with Gasteiger partial charge in [-0.25, -0.2) is 0 Å². The molecule has 2 aromatic rings. The van der Waals surface area contributed by atoms with E-state index in [1.807, 2.05) is 18.2 Å². The number of hydrogen-bond acceptors (Lipinski definition) is 5. The van der Waals surface area contributed by atoms with Gasteiger partial charge >= 0.3 is 7.12 Å². The molecule has 0 spiro atoms. The Balaban J connectivity index is 1.86. The third-order valence-electron chi connectivity index (χ3n) is 4.59. The third kappa shape index (κ3) is 3.67. The molecule has 0 saturated heterocycles. The summed E-state index contributed by atoms with van der Waals surface area (Å²) in [6, 6.07) is 13.3. The number of nitro groups is 1. The zero-order valence-electron chi connectivity index (χ0n) is 15.5. The van der Waals surface area contributed by atoms with E-state index in [-0.39, 0.29) is 5.69 Å². The van der Waals surface area contributed by atoms with Crippen LogP contribution in [0.25, 0.3) is 0 Å². The van der Waals surface area contributed by atoms with Crippen LogP contribution in [0, 0.1) is 10.1 Å². The summed E-state index contributed by atoms with van der Waals surface area (Å²) in [5.41, 5.74) is 2.06. The highest BCUT2D eigenvalue weighted by atomic mass is 16.6. The number of hydrogen-bond donors (Lipinski definition) is 0. The zero-order valence-corrected chi connectivity index (χ0v) is 15.5. The fourth-order valence-corrected chi connectivity index (χ4v) is 3.25. The molecule has 6 nitrogen and oxygen atoms in total. The molecule has 0 aromatic heterocycles. The van der Waals surface area contributed by atoms with Gasteiger partial charge in [-0.1, -0.05) is 24.3 Å². The van der Waals surface area contributed by atoms with Crippen LogP contribution in [0.2, 0.25) is 0 Å². The molecular weight excluding hydrogens is 331 g/mol. The van der Waals surface area contributed by atoms with Crippen LogP contribution < -0.4 is 14.8 Å². The first-order chi connectivity index (χ1) is 12.4. The first-order valence-corrected chi connectivity index (χ1v) is 8.82. The summed E-state index contributed by atoms with van der Waals surface area (Å²) < 4.78 is 11.8. The first kappa shape index (κ1) is 18.3. The summed E-state index contributed by atoms with van der Waals surface area (Å²) in [5, 5.41) is 11.0. The molecule has 0 saturated carbocycles. The molecule has 0 radical (unpaired) electrons. The van der Waals surface area contributed by atoms with Crippen LogP contribution in [0.5, 0.6) is 11.5 Å². The molecule has 0 aliphatic carbocycles. The minimum absolute atomic E-state index is 0.00734. The smallest absolute Gasteiger partial charge is 0.519 e. The molecule has 0 amide bonds. The van der Waals surface area contributed by atoms with Crippen molar-refractivity contribution in [1.29, 1.82) is 0 Å². The fraction of sp³-hybridized carbons (Fsp3) is 0.368. The molecule has 7 heteroatoms. The summed E-state index contributed by atoms with van der Waals surface area (Å²) >= 11 is 0. The van der Waals surface area contributed by atoms with Crippen LogP contribution in [0.3, 0.4) is 0 Å². The monoisotopic (exact) mass is 354 g/mol. The normalized spacial score (nSPS) is 13.1. The van der Waals surface area contributed by atoms with E-state index in [0.29, 0.717) is 23.6 Å². The van der Waals surface area contributed by atoms with Crippen LogP contribution in [0.4, 0.5) is 5.69 Å². The van der Waals surface area contributed by atoms with E-state index in [9.17, 15) is 10.1 Å². The van der Waals surface area contributed by atoms with E-state index in [1.165, 1.54) is 12.1 Å². The summed E-state index contributed by atoms with van der Waals surface area (Å²) in [7, 11) is -0.593. The lowest BCUT2D eigenvalue weighted by atomic mass is 9.76. The average Bonchev–Trinajstić information content (AvgIpc) is 3.02. The number of nitro benzene ring substituents is 1. The maximum atomic E-state index is 11.0. The highest BCUT2D eigenvalue weighted by Gasteiger charge is 2.37. The Kier molecular flexibility index (Phi) is 5.18. The molecular formula is C19H23BN2O4. The number of benzene rings is 2. The summed E-state index contributed by atoms with van der Waals surface area (Å²) in [5.74, 6) is 0.934. The van der Waals surface area contributed by atoms with Gasteiger partial charge in [0.05, 0.1) is 11.0 Å². The number of fused-ring (bicyclic) bond motifs is 1. The lowest BCUT2D eigenvalue weighted by Gasteiger charge is -2.31.